The number of allylic oxidation sites excluding steroid dienone is 1. The van der Waals surface area contributed by atoms with Crippen LogP contribution < -0.4 is 4.90 Å². The van der Waals surface area contributed by atoms with Gasteiger partial charge in [-0.25, -0.2) is 9.79 Å². The van der Waals surface area contributed by atoms with E-state index in [1.807, 2.05) is 0 Å². The molecule has 0 aromatic heterocycles. The van der Waals surface area contributed by atoms with Gasteiger partial charge in [0.25, 0.3) is 0 Å². The SMILES string of the molecule is C=C(/N=C\C(=C/C)C(=O)O)N(CC(C)C)c1cc(C(C)(C)C)cc2c1CCC2(C)C. The third-order valence-electron chi connectivity index (χ3n) is 5.88. The second kappa shape index (κ2) is 8.79. The molecule has 164 valence electrons. The first-order valence-electron chi connectivity index (χ1n) is 10.9. The maximum atomic E-state index is 11.3. The number of nitrogens with zero attached hydrogens (tertiary/aromatic N) is 2. The summed E-state index contributed by atoms with van der Waals surface area (Å²) in [6.07, 6.45) is 5.10. The van der Waals surface area contributed by atoms with Crippen LogP contribution in [0.3, 0.4) is 0 Å². The summed E-state index contributed by atoms with van der Waals surface area (Å²) < 4.78 is 0. The average molecular weight is 411 g/mol. The molecule has 0 radical (unpaired) electrons. The topological polar surface area (TPSA) is 52.9 Å². The minimum Gasteiger partial charge on any atom is -0.478 e. The Labute approximate surface area is 182 Å². The normalized spacial score (nSPS) is 16.2. The average Bonchev–Trinajstić information content (AvgIpc) is 2.93. The van der Waals surface area contributed by atoms with Gasteiger partial charge in [0, 0.05) is 18.4 Å². The highest BCUT2D eigenvalue weighted by atomic mass is 16.4. The van der Waals surface area contributed by atoms with E-state index in [1.165, 1.54) is 22.9 Å². The van der Waals surface area contributed by atoms with Crippen molar-refractivity contribution in [3.8, 4) is 0 Å². The lowest BCUT2D eigenvalue weighted by Gasteiger charge is -2.32. The molecule has 1 aliphatic carbocycles. The monoisotopic (exact) mass is 410 g/mol. The lowest BCUT2D eigenvalue weighted by Crippen LogP contribution is -2.28. The molecular weight excluding hydrogens is 372 g/mol. The van der Waals surface area contributed by atoms with Crippen LogP contribution in [0.2, 0.25) is 0 Å². The summed E-state index contributed by atoms with van der Waals surface area (Å²) in [5.41, 5.74) is 5.58. The first-order chi connectivity index (χ1) is 13.8. The smallest absolute Gasteiger partial charge is 0.336 e. The Hall–Kier alpha value is -2.36. The summed E-state index contributed by atoms with van der Waals surface area (Å²) in [7, 11) is 0. The van der Waals surface area contributed by atoms with Gasteiger partial charge in [-0.05, 0) is 59.3 Å². The fraction of sp³-hybridized carbons (Fsp3) is 0.538. The maximum absolute atomic E-state index is 11.3. The number of carboxylic acid groups (broad SMARTS) is 1. The van der Waals surface area contributed by atoms with Crippen LogP contribution in [0.15, 0.2) is 41.2 Å². The molecule has 1 aromatic carbocycles. The van der Waals surface area contributed by atoms with Crippen LogP contribution in [0.5, 0.6) is 0 Å². The zero-order valence-corrected chi connectivity index (χ0v) is 20.0. The van der Waals surface area contributed by atoms with Crippen molar-refractivity contribution in [2.24, 2.45) is 10.9 Å². The minimum absolute atomic E-state index is 0.0258. The molecule has 0 spiro atoms. The van der Waals surface area contributed by atoms with Gasteiger partial charge in [-0.2, -0.15) is 0 Å². The molecule has 0 fully saturated rings. The van der Waals surface area contributed by atoms with Crippen LogP contribution >= 0.6 is 0 Å². The van der Waals surface area contributed by atoms with E-state index >= 15 is 0 Å². The van der Waals surface area contributed by atoms with Crippen molar-refractivity contribution in [3.05, 3.63) is 52.9 Å². The third-order valence-corrected chi connectivity index (χ3v) is 5.88. The van der Waals surface area contributed by atoms with E-state index in [2.05, 4.69) is 77.1 Å². The van der Waals surface area contributed by atoms with E-state index < -0.39 is 5.97 Å². The first-order valence-corrected chi connectivity index (χ1v) is 10.9. The molecule has 0 atom stereocenters. The molecule has 0 heterocycles. The predicted octanol–water partition coefficient (Wildman–Crippen LogP) is 6.24. The fourth-order valence-electron chi connectivity index (χ4n) is 3.94. The second-order valence-corrected chi connectivity index (χ2v) is 10.4. The van der Waals surface area contributed by atoms with Crippen LogP contribution in [-0.4, -0.2) is 23.8 Å². The van der Waals surface area contributed by atoms with Gasteiger partial charge in [0.1, 0.15) is 5.82 Å². The van der Waals surface area contributed by atoms with Gasteiger partial charge in [-0.1, -0.05) is 67.2 Å². The number of anilines is 1. The number of fused-ring (bicyclic) bond motifs is 1. The van der Waals surface area contributed by atoms with Gasteiger partial charge >= 0.3 is 5.97 Å². The van der Waals surface area contributed by atoms with E-state index in [9.17, 15) is 9.90 Å². The summed E-state index contributed by atoms with van der Waals surface area (Å²) in [6.45, 7) is 22.4. The standard InChI is InChI=1S/C26H38N2O2/c1-10-19(24(29)30)15-27-18(4)28(16-17(2)3)23-14-20(25(5,6)7)13-22-21(23)11-12-26(22,8)9/h10,13-15,17H,4,11-12,16H2,1-3,5-9H3,(H,29,30)/b19-10+,27-15-. The van der Waals surface area contributed by atoms with Crippen LogP contribution in [0.1, 0.15) is 78.5 Å². The molecule has 30 heavy (non-hydrogen) atoms. The summed E-state index contributed by atoms with van der Waals surface area (Å²) in [5, 5.41) is 9.29. The molecule has 0 saturated carbocycles. The zero-order chi connectivity index (χ0) is 22.9. The molecule has 2 rings (SSSR count). The highest BCUT2D eigenvalue weighted by Crippen LogP contribution is 2.45. The number of benzene rings is 1. The molecule has 1 aromatic rings. The molecule has 4 nitrogen and oxygen atoms in total. The number of hydrogen-bond donors (Lipinski definition) is 1. The van der Waals surface area contributed by atoms with Gasteiger partial charge in [-0.15, -0.1) is 0 Å². The number of carboxylic acids is 1. The summed E-state index contributed by atoms with van der Waals surface area (Å²) in [5.74, 6) is -0.00920. The molecule has 0 unspecified atom stereocenters. The summed E-state index contributed by atoms with van der Waals surface area (Å²) in [6, 6.07) is 4.67. The summed E-state index contributed by atoms with van der Waals surface area (Å²) >= 11 is 0. The van der Waals surface area contributed by atoms with Crippen LogP contribution in [0, 0.1) is 5.92 Å². The predicted molar refractivity (Wildman–Crippen MR) is 128 cm³/mol. The molecule has 0 amide bonds. The number of hydrogen-bond acceptors (Lipinski definition) is 3. The Kier molecular flexibility index (Phi) is 7.01. The molecule has 0 bridgehead atoms. The molecule has 0 saturated heterocycles. The first kappa shape index (κ1) is 23.9. The zero-order valence-electron chi connectivity index (χ0n) is 20.0. The van der Waals surface area contributed by atoms with E-state index in [-0.39, 0.29) is 16.4 Å². The van der Waals surface area contributed by atoms with Crippen LogP contribution in [0.25, 0.3) is 0 Å². The van der Waals surface area contributed by atoms with E-state index in [4.69, 9.17) is 0 Å². The molecule has 1 aliphatic rings. The Balaban J connectivity index is 2.62. The number of carbonyl (C=O) groups is 1. The number of aliphatic carboxylic acids is 1. The van der Waals surface area contributed by atoms with Crippen LogP contribution in [0.4, 0.5) is 5.69 Å². The Morgan fingerprint density at radius 2 is 1.97 bits per heavy atom. The van der Waals surface area contributed by atoms with Gasteiger partial charge in [0.05, 0.1) is 5.57 Å². The van der Waals surface area contributed by atoms with Crippen molar-refractivity contribution in [1.29, 1.82) is 0 Å². The van der Waals surface area contributed by atoms with Crippen molar-refractivity contribution >= 4 is 17.9 Å². The van der Waals surface area contributed by atoms with Crippen molar-refractivity contribution in [2.45, 2.75) is 79.1 Å². The van der Waals surface area contributed by atoms with Gasteiger partial charge in [-0.3, -0.25) is 0 Å². The molecule has 4 heteroatoms. The number of rotatable bonds is 7. The van der Waals surface area contributed by atoms with Crippen molar-refractivity contribution in [1.82, 2.24) is 0 Å². The van der Waals surface area contributed by atoms with Crippen molar-refractivity contribution < 1.29 is 9.90 Å². The highest BCUT2D eigenvalue weighted by Gasteiger charge is 2.34. The molecule has 0 aliphatic heterocycles. The van der Waals surface area contributed by atoms with E-state index in [1.54, 1.807) is 13.0 Å². The molecule has 1 N–H and O–H groups in total. The van der Waals surface area contributed by atoms with Gasteiger partial charge in [0.15, 0.2) is 0 Å². The van der Waals surface area contributed by atoms with Gasteiger partial charge < -0.3 is 10.0 Å². The maximum Gasteiger partial charge on any atom is 0.336 e. The molecular formula is C26H38N2O2. The Bertz CT molecular complexity index is 883. The quantitative estimate of drug-likeness (QED) is 0.427. The van der Waals surface area contributed by atoms with E-state index in [0.717, 1.165) is 25.1 Å². The second-order valence-electron chi connectivity index (χ2n) is 10.4. The lowest BCUT2D eigenvalue weighted by molar-refractivity contribution is -0.132. The third kappa shape index (κ3) is 5.21. The lowest BCUT2D eigenvalue weighted by atomic mass is 9.80. The van der Waals surface area contributed by atoms with Crippen molar-refractivity contribution in [3.63, 3.8) is 0 Å². The highest BCUT2D eigenvalue weighted by molar-refractivity contribution is 6.08. The van der Waals surface area contributed by atoms with Crippen molar-refractivity contribution in [2.75, 3.05) is 11.4 Å². The largest absolute Gasteiger partial charge is 0.478 e. The number of aliphatic imine (C=N–C) groups is 1. The van der Waals surface area contributed by atoms with Crippen LogP contribution in [-0.2, 0) is 22.0 Å². The minimum atomic E-state index is -0.984. The fourth-order valence-corrected chi connectivity index (χ4v) is 3.94. The summed E-state index contributed by atoms with van der Waals surface area (Å²) in [4.78, 5) is 18.0. The van der Waals surface area contributed by atoms with Gasteiger partial charge in [0.2, 0.25) is 0 Å². The van der Waals surface area contributed by atoms with E-state index in [0.29, 0.717) is 11.7 Å². The Morgan fingerprint density at radius 1 is 1.33 bits per heavy atom. The Morgan fingerprint density at radius 3 is 2.47 bits per heavy atom.